The van der Waals surface area contributed by atoms with Gasteiger partial charge in [-0.05, 0) is 30.9 Å². The van der Waals surface area contributed by atoms with Crippen LogP contribution in [0.15, 0.2) is 27.8 Å². The zero-order chi connectivity index (χ0) is 19.0. The molecule has 0 aliphatic carbocycles. The summed E-state index contributed by atoms with van der Waals surface area (Å²) in [5.41, 5.74) is 0. The molecule has 3 saturated heterocycles. The minimum Gasteiger partial charge on any atom is -0.469 e. The lowest BCUT2D eigenvalue weighted by Crippen LogP contribution is -2.43. The molecule has 0 saturated carbocycles. The number of likely N-dealkylation sites (tertiary alicyclic amines) is 1. The zero-order valence-electron chi connectivity index (χ0n) is 16.9. The minimum atomic E-state index is 0.564. The molecular weight excluding hydrogens is 356 g/mol. The van der Waals surface area contributed by atoms with Gasteiger partial charge in [-0.25, -0.2) is 0 Å². The molecule has 3 aliphatic rings. The van der Waals surface area contributed by atoms with E-state index in [0.29, 0.717) is 11.8 Å². The Balaban J connectivity index is 1.30. The fourth-order valence-electron chi connectivity index (χ4n) is 4.29. The molecule has 0 aromatic carbocycles. The number of aliphatic imine (C=N–C) groups is 1. The van der Waals surface area contributed by atoms with Crippen LogP contribution in [0.25, 0.3) is 0 Å². The number of ether oxygens (including phenoxy) is 2. The van der Waals surface area contributed by atoms with Crippen LogP contribution in [0.5, 0.6) is 0 Å². The molecule has 3 fully saturated rings. The summed E-state index contributed by atoms with van der Waals surface area (Å²) in [7, 11) is 0. The maximum Gasteiger partial charge on any atom is 0.193 e. The number of nitrogens with one attached hydrogen (secondary N) is 1. The molecule has 1 aromatic rings. The van der Waals surface area contributed by atoms with Gasteiger partial charge in [0.2, 0.25) is 0 Å². The first kappa shape index (κ1) is 19.7. The second-order valence-corrected chi connectivity index (χ2v) is 8.16. The minimum absolute atomic E-state index is 0.564. The molecule has 7 heteroatoms. The quantitative estimate of drug-likeness (QED) is 0.562. The number of morpholine rings is 1. The summed E-state index contributed by atoms with van der Waals surface area (Å²) in [5, 5.41) is 3.59. The van der Waals surface area contributed by atoms with Crippen LogP contribution in [0, 0.1) is 11.8 Å². The number of hydrogen-bond acceptors (Lipinski definition) is 5. The summed E-state index contributed by atoms with van der Waals surface area (Å²) in [4.78, 5) is 9.97. The van der Waals surface area contributed by atoms with Crippen LogP contribution >= 0.6 is 0 Å². The van der Waals surface area contributed by atoms with E-state index in [1.807, 2.05) is 12.1 Å². The summed E-state index contributed by atoms with van der Waals surface area (Å²) in [6.07, 6.45) is 4.98. The van der Waals surface area contributed by atoms with Crippen molar-refractivity contribution in [2.24, 2.45) is 16.8 Å². The SMILES string of the molecule is c1coc(CCNC(=NCC2CCOC2)N2CCC(CN3CCOCC3)C2)c1. The Hall–Kier alpha value is -1.57. The Labute approximate surface area is 168 Å². The predicted octanol–water partition coefficient (Wildman–Crippen LogP) is 1.46. The first-order valence-corrected chi connectivity index (χ1v) is 10.8. The maximum atomic E-state index is 5.52. The molecule has 0 spiro atoms. The summed E-state index contributed by atoms with van der Waals surface area (Å²) >= 11 is 0. The molecule has 4 heterocycles. The predicted molar refractivity (Wildman–Crippen MR) is 109 cm³/mol. The fourth-order valence-corrected chi connectivity index (χ4v) is 4.29. The smallest absolute Gasteiger partial charge is 0.193 e. The van der Waals surface area contributed by atoms with Crippen molar-refractivity contribution in [3.63, 3.8) is 0 Å². The van der Waals surface area contributed by atoms with Gasteiger partial charge in [-0.1, -0.05) is 0 Å². The van der Waals surface area contributed by atoms with Crippen molar-refractivity contribution in [2.75, 3.05) is 72.2 Å². The standard InChI is InChI=1S/C21H34N4O3/c1-2-20(28-10-1)3-6-22-21(23-14-18-5-11-27-17-18)25-7-4-19(16-25)15-24-8-12-26-13-9-24/h1-2,10,18-19H,3-9,11-17H2,(H,22,23). The van der Waals surface area contributed by atoms with Crippen LogP contribution in [0.1, 0.15) is 18.6 Å². The first-order valence-electron chi connectivity index (χ1n) is 10.8. The van der Waals surface area contributed by atoms with E-state index in [2.05, 4.69) is 15.1 Å². The lowest BCUT2D eigenvalue weighted by Gasteiger charge is -2.29. The lowest BCUT2D eigenvalue weighted by atomic mass is 10.1. The molecule has 3 aliphatic heterocycles. The average molecular weight is 391 g/mol. The highest BCUT2D eigenvalue weighted by molar-refractivity contribution is 5.80. The third kappa shape index (κ3) is 5.72. The highest BCUT2D eigenvalue weighted by atomic mass is 16.5. The van der Waals surface area contributed by atoms with Crippen LogP contribution in [0.3, 0.4) is 0 Å². The largest absolute Gasteiger partial charge is 0.469 e. The van der Waals surface area contributed by atoms with E-state index < -0.39 is 0 Å². The number of nitrogens with zero attached hydrogens (tertiary/aromatic N) is 3. The Bertz CT molecular complexity index is 595. The van der Waals surface area contributed by atoms with Gasteiger partial charge in [-0.15, -0.1) is 0 Å². The van der Waals surface area contributed by atoms with Gasteiger partial charge in [0.15, 0.2) is 5.96 Å². The molecule has 0 radical (unpaired) electrons. The van der Waals surface area contributed by atoms with Gasteiger partial charge in [-0.3, -0.25) is 9.89 Å². The summed E-state index contributed by atoms with van der Waals surface area (Å²) in [6.45, 7) is 10.7. The third-order valence-corrected chi connectivity index (χ3v) is 5.96. The molecule has 1 N–H and O–H groups in total. The lowest BCUT2D eigenvalue weighted by molar-refractivity contribution is 0.0315. The van der Waals surface area contributed by atoms with E-state index in [-0.39, 0.29) is 0 Å². The molecule has 156 valence electrons. The molecule has 2 atom stereocenters. The van der Waals surface area contributed by atoms with Gasteiger partial charge in [0, 0.05) is 64.8 Å². The number of rotatable bonds is 7. The molecule has 28 heavy (non-hydrogen) atoms. The van der Waals surface area contributed by atoms with Gasteiger partial charge in [0.05, 0.1) is 26.1 Å². The molecule has 4 rings (SSSR count). The summed E-state index contributed by atoms with van der Waals surface area (Å²) < 4.78 is 16.5. The maximum absolute atomic E-state index is 5.52. The highest BCUT2D eigenvalue weighted by Crippen LogP contribution is 2.19. The number of hydrogen-bond donors (Lipinski definition) is 1. The molecule has 0 bridgehead atoms. The zero-order valence-corrected chi connectivity index (χ0v) is 16.9. The van der Waals surface area contributed by atoms with E-state index in [1.54, 1.807) is 6.26 Å². The van der Waals surface area contributed by atoms with Crippen molar-refractivity contribution in [2.45, 2.75) is 19.3 Å². The Kier molecular flexibility index (Phi) is 7.24. The van der Waals surface area contributed by atoms with Gasteiger partial charge < -0.3 is 24.1 Å². The van der Waals surface area contributed by atoms with Gasteiger partial charge in [0.25, 0.3) is 0 Å². The second-order valence-electron chi connectivity index (χ2n) is 8.16. The summed E-state index contributed by atoms with van der Waals surface area (Å²) in [6, 6.07) is 3.98. The van der Waals surface area contributed by atoms with Crippen molar-refractivity contribution in [1.82, 2.24) is 15.1 Å². The average Bonchev–Trinajstić information content (AvgIpc) is 3.48. The fraction of sp³-hybridized carbons (Fsp3) is 0.762. The third-order valence-electron chi connectivity index (χ3n) is 5.96. The van der Waals surface area contributed by atoms with E-state index in [4.69, 9.17) is 18.9 Å². The highest BCUT2D eigenvalue weighted by Gasteiger charge is 2.27. The van der Waals surface area contributed by atoms with Crippen molar-refractivity contribution >= 4 is 5.96 Å². The molecule has 2 unspecified atom stereocenters. The second kappa shape index (κ2) is 10.3. The molecule has 1 aromatic heterocycles. The van der Waals surface area contributed by atoms with Crippen molar-refractivity contribution in [1.29, 1.82) is 0 Å². The Morgan fingerprint density at radius 3 is 2.82 bits per heavy atom. The van der Waals surface area contributed by atoms with Crippen LogP contribution in [-0.4, -0.2) is 88.0 Å². The van der Waals surface area contributed by atoms with Crippen LogP contribution in [-0.2, 0) is 15.9 Å². The molecule has 0 amide bonds. The van der Waals surface area contributed by atoms with Gasteiger partial charge in [-0.2, -0.15) is 0 Å². The Morgan fingerprint density at radius 2 is 2.04 bits per heavy atom. The topological polar surface area (TPSA) is 62.5 Å². The van der Waals surface area contributed by atoms with Crippen molar-refractivity contribution < 1.29 is 13.9 Å². The van der Waals surface area contributed by atoms with E-state index >= 15 is 0 Å². The van der Waals surface area contributed by atoms with E-state index in [0.717, 1.165) is 90.3 Å². The molecule has 7 nitrogen and oxygen atoms in total. The van der Waals surface area contributed by atoms with Crippen LogP contribution < -0.4 is 5.32 Å². The van der Waals surface area contributed by atoms with Gasteiger partial charge in [0.1, 0.15) is 5.76 Å². The summed E-state index contributed by atoms with van der Waals surface area (Å²) in [5.74, 6) is 3.35. The first-order chi connectivity index (χ1) is 13.9. The van der Waals surface area contributed by atoms with Gasteiger partial charge >= 0.3 is 0 Å². The van der Waals surface area contributed by atoms with Crippen molar-refractivity contribution in [3.8, 4) is 0 Å². The van der Waals surface area contributed by atoms with E-state index in [9.17, 15) is 0 Å². The Morgan fingerprint density at radius 1 is 1.11 bits per heavy atom. The van der Waals surface area contributed by atoms with Crippen LogP contribution in [0.2, 0.25) is 0 Å². The van der Waals surface area contributed by atoms with E-state index in [1.165, 1.54) is 13.0 Å². The number of guanidine groups is 1. The normalized spacial score (nSPS) is 26.9. The molecular formula is C21H34N4O3. The van der Waals surface area contributed by atoms with Crippen molar-refractivity contribution in [3.05, 3.63) is 24.2 Å². The monoisotopic (exact) mass is 390 g/mol. The number of furan rings is 1. The van der Waals surface area contributed by atoms with Crippen LogP contribution in [0.4, 0.5) is 0 Å².